The van der Waals surface area contributed by atoms with E-state index in [9.17, 15) is 8.42 Å². The van der Waals surface area contributed by atoms with Crippen molar-refractivity contribution in [3.05, 3.63) is 47.1 Å². The molecule has 0 bridgehead atoms. The molecule has 0 unspecified atom stereocenters. The molecule has 0 spiro atoms. The number of sulfonamides is 1. The minimum atomic E-state index is -3.82. The smallest absolute Gasteiger partial charge is 0.250 e. The van der Waals surface area contributed by atoms with E-state index in [0.29, 0.717) is 29.5 Å². The van der Waals surface area contributed by atoms with E-state index in [2.05, 4.69) is 14.9 Å². The lowest BCUT2D eigenvalue weighted by atomic mass is 10.2. The van der Waals surface area contributed by atoms with E-state index >= 15 is 0 Å². The molecule has 28 heavy (non-hydrogen) atoms. The molecule has 150 valence electrons. The minimum Gasteiger partial charge on any atom is -0.494 e. The number of hydrogen-bond donors (Lipinski definition) is 1. The van der Waals surface area contributed by atoms with Crippen LogP contribution in [0.15, 0.2) is 33.6 Å². The van der Waals surface area contributed by atoms with Gasteiger partial charge in [-0.25, -0.2) is 13.1 Å². The van der Waals surface area contributed by atoms with Gasteiger partial charge in [0, 0.05) is 31.9 Å². The van der Waals surface area contributed by atoms with Crippen LogP contribution < -0.4 is 9.46 Å². The second-order valence-corrected chi connectivity index (χ2v) is 8.17. The van der Waals surface area contributed by atoms with Crippen molar-refractivity contribution in [2.24, 2.45) is 7.05 Å². The molecule has 0 radical (unpaired) electrons. The first-order chi connectivity index (χ1) is 13.2. The third-order valence-corrected chi connectivity index (χ3v) is 6.17. The maximum Gasteiger partial charge on any atom is 0.250 e. The molecule has 0 saturated carbocycles. The van der Waals surface area contributed by atoms with Gasteiger partial charge in [0.1, 0.15) is 10.6 Å². The molecule has 0 aliphatic carbocycles. The van der Waals surface area contributed by atoms with Crippen LogP contribution in [0, 0.1) is 20.8 Å². The van der Waals surface area contributed by atoms with Gasteiger partial charge in [0.25, 0.3) is 5.89 Å². The Labute approximate surface area is 164 Å². The van der Waals surface area contributed by atoms with Crippen molar-refractivity contribution in [2.75, 3.05) is 6.61 Å². The summed E-state index contributed by atoms with van der Waals surface area (Å²) in [6.45, 7) is 7.83. The molecule has 1 aromatic carbocycles. The van der Waals surface area contributed by atoms with Gasteiger partial charge in [0.05, 0.1) is 12.2 Å². The molecule has 0 atom stereocenters. The lowest BCUT2D eigenvalue weighted by Crippen LogP contribution is -2.24. The highest BCUT2D eigenvalue weighted by molar-refractivity contribution is 7.89. The third-order valence-electron chi connectivity index (χ3n) is 4.61. The highest BCUT2D eigenvalue weighted by Crippen LogP contribution is 2.34. The summed E-state index contributed by atoms with van der Waals surface area (Å²) in [5, 5.41) is 7.85. The number of hydrogen-bond acceptors (Lipinski definition) is 6. The normalized spacial score (nSPS) is 11.8. The Morgan fingerprint density at radius 2 is 1.93 bits per heavy atom. The zero-order valence-corrected chi connectivity index (χ0v) is 17.4. The summed E-state index contributed by atoms with van der Waals surface area (Å²) >= 11 is 0. The van der Waals surface area contributed by atoms with E-state index in [4.69, 9.17) is 9.15 Å². The first kappa shape index (κ1) is 20.1. The van der Waals surface area contributed by atoms with Crippen LogP contribution in [-0.4, -0.2) is 29.8 Å². The molecule has 0 saturated heterocycles. The van der Waals surface area contributed by atoms with E-state index in [-0.39, 0.29) is 17.3 Å². The van der Waals surface area contributed by atoms with Crippen molar-refractivity contribution in [1.29, 1.82) is 0 Å². The molecular formula is C19H24N4O4S. The lowest BCUT2D eigenvalue weighted by molar-refractivity contribution is 0.340. The lowest BCUT2D eigenvalue weighted by Gasteiger charge is -2.10. The van der Waals surface area contributed by atoms with Gasteiger partial charge >= 0.3 is 0 Å². The maximum absolute atomic E-state index is 13.2. The number of rotatable bonds is 7. The highest BCUT2D eigenvalue weighted by Gasteiger charge is 2.30. The van der Waals surface area contributed by atoms with Crippen LogP contribution in [0.4, 0.5) is 0 Å². The predicted molar refractivity (Wildman–Crippen MR) is 105 cm³/mol. The topological polar surface area (TPSA) is 99.2 Å². The second kappa shape index (κ2) is 7.76. The molecule has 0 amide bonds. The van der Waals surface area contributed by atoms with Crippen LogP contribution in [0.2, 0.25) is 0 Å². The molecule has 0 aliphatic heterocycles. The first-order valence-corrected chi connectivity index (χ1v) is 10.4. The summed E-state index contributed by atoms with van der Waals surface area (Å²) in [5.41, 5.74) is 2.56. The van der Waals surface area contributed by atoms with E-state index in [1.54, 1.807) is 18.4 Å². The average Bonchev–Trinajstić information content (AvgIpc) is 3.17. The van der Waals surface area contributed by atoms with Crippen LogP contribution in [0.1, 0.15) is 29.8 Å². The SMILES string of the molecule is CCOc1cccc(CNS(=O)(=O)c2c(-c3nnc(C)o3)c(C)n(C)c2C)c1. The monoisotopic (exact) mass is 404 g/mol. The fourth-order valence-electron chi connectivity index (χ4n) is 3.06. The maximum atomic E-state index is 13.2. The van der Waals surface area contributed by atoms with Crippen molar-refractivity contribution in [1.82, 2.24) is 19.5 Å². The molecular weight excluding hydrogens is 380 g/mol. The summed E-state index contributed by atoms with van der Waals surface area (Å²) in [6, 6.07) is 7.33. The summed E-state index contributed by atoms with van der Waals surface area (Å²) in [5.74, 6) is 1.27. The number of benzene rings is 1. The van der Waals surface area contributed by atoms with Gasteiger partial charge in [-0.15, -0.1) is 10.2 Å². The van der Waals surface area contributed by atoms with Gasteiger partial charge in [-0.3, -0.25) is 0 Å². The van der Waals surface area contributed by atoms with E-state index in [0.717, 1.165) is 11.3 Å². The van der Waals surface area contributed by atoms with Crippen LogP contribution in [0.25, 0.3) is 11.5 Å². The van der Waals surface area contributed by atoms with Gasteiger partial charge in [-0.2, -0.15) is 0 Å². The Kier molecular flexibility index (Phi) is 5.57. The molecule has 2 heterocycles. The van der Waals surface area contributed by atoms with Crippen LogP contribution in [0.3, 0.4) is 0 Å². The standard InChI is InChI=1S/C19H24N4O4S/c1-6-26-16-9-7-8-15(10-16)11-20-28(24,25)18-13(3)23(5)12(2)17(18)19-22-21-14(4)27-19/h7-10,20H,6,11H2,1-5H3. The number of ether oxygens (including phenoxy) is 1. The number of nitrogens with zero attached hydrogens (tertiary/aromatic N) is 3. The summed E-state index contributed by atoms with van der Waals surface area (Å²) in [7, 11) is -2.02. The number of aryl methyl sites for hydroxylation is 1. The van der Waals surface area contributed by atoms with Gasteiger partial charge in [-0.1, -0.05) is 12.1 Å². The largest absolute Gasteiger partial charge is 0.494 e. The van der Waals surface area contributed by atoms with Gasteiger partial charge in [0.15, 0.2) is 0 Å². The Morgan fingerprint density at radius 1 is 1.18 bits per heavy atom. The van der Waals surface area contributed by atoms with E-state index in [1.165, 1.54) is 0 Å². The zero-order valence-electron chi connectivity index (χ0n) is 16.6. The Bertz CT molecular complexity index is 1100. The Hall–Kier alpha value is -2.65. The number of aromatic nitrogens is 3. The van der Waals surface area contributed by atoms with Gasteiger partial charge in [0.2, 0.25) is 15.9 Å². The highest BCUT2D eigenvalue weighted by atomic mass is 32.2. The number of nitrogens with one attached hydrogen (secondary N) is 1. The summed E-state index contributed by atoms with van der Waals surface area (Å²) in [4.78, 5) is 0.150. The summed E-state index contributed by atoms with van der Waals surface area (Å²) in [6.07, 6.45) is 0. The van der Waals surface area contributed by atoms with Crippen molar-refractivity contribution >= 4 is 10.0 Å². The van der Waals surface area contributed by atoms with Gasteiger partial charge in [-0.05, 0) is 38.5 Å². The molecule has 0 fully saturated rings. The predicted octanol–water partition coefficient (Wildman–Crippen LogP) is 2.88. The average molecular weight is 404 g/mol. The quantitative estimate of drug-likeness (QED) is 0.650. The van der Waals surface area contributed by atoms with Crippen molar-refractivity contribution < 1.29 is 17.6 Å². The molecule has 3 aromatic rings. The minimum absolute atomic E-state index is 0.138. The molecule has 1 N–H and O–H groups in total. The van der Waals surface area contributed by atoms with E-state index < -0.39 is 10.0 Å². The zero-order chi connectivity index (χ0) is 20.5. The van der Waals surface area contributed by atoms with Crippen molar-refractivity contribution in [2.45, 2.75) is 39.1 Å². The Morgan fingerprint density at radius 3 is 2.57 bits per heavy atom. The first-order valence-electron chi connectivity index (χ1n) is 8.92. The van der Waals surface area contributed by atoms with Crippen molar-refractivity contribution in [3.8, 4) is 17.2 Å². The van der Waals surface area contributed by atoms with Crippen LogP contribution in [-0.2, 0) is 23.6 Å². The molecule has 2 aromatic heterocycles. The van der Waals surface area contributed by atoms with Crippen molar-refractivity contribution in [3.63, 3.8) is 0 Å². The molecule has 0 aliphatic rings. The Balaban J connectivity index is 1.96. The molecule has 9 heteroatoms. The fraction of sp³-hybridized carbons (Fsp3) is 0.368. The third kappa shape index (κ3) is 3.81. The van der Waals surface area contributed by atoms with E-state index in [1.807, 2.05) is 45.2 Å². The van der Waals surface area contributed by atoms with Gasteiger partial charge < -0.3 is 13.7 Å². The van der Waals surface area contributed by atoms with Crippen LogP contribution >= 0.6 is 0 Å². The fourth-order valence-corrected chi connectivity index (χ4v) is 4.59. The second-order valence-electron chi connectivity index (χ2n) is 6.47. The van der Waals surface area contributed by atoms with Crippen LogP contribution in [0.5, 0.6) is 5.75 Å². The summed E-state index contributed by atoms with van der Waals surface area (Å²) < 4.78 is 41.8. The molecule has 8 nitrogen and oxygen atoms in total. The molecule has 3 rings (SSSR count).